The fourth-order valence-electron chi connectivity index (χ4n) is 4.29. The molecule has 2 heteroatoms. The molecular weight excluding hydrogens is 256 g/mol. The smallest absolute Gasteiger partial charge is 0.0338 e. The summed E-state index contributed by atoms with van der Waals surface area (Å²) in [6.45, 7) is 4.59. The molecule has 1 aliphatic heterocycles. The second-order valence-electron chi connectivity index (χ2n) is 6.67. The molecule has 0 aromatic heterocycles. The summed E-state index contributed by atoms with van der Waals surface area (Å²) in [7, 11) is 0. The van der Waals surface area contributed by atoms with Gasteiger partial charge in [0.2, 0.25) is 0 Å². The van der Waals surface area contributed by atoms with Gasteiger partial charge in [-0.05, 0) is 29.2 Å². The second-order valence-corrected chi connectivity index (χ2v) is 6.67. The third kappa shape index (κ3) is 2.37. The predicted octanol–water partition coefficient (Wildman–Crippen LogP) is 3.56. The number of benzene rings is 2. The Balaban J connectivity index is 1.67. The summed E-state index contributed by atoms with van der Waals surface area (Å²) < 4.78 is 0. The second kappa shape index (κ2) is 5.43. The van der Waals surface area contributed by atoms with Gasteiger partial charge in [0.25, 0.3) is 0 Å². The SMILES string of the molecule is c1ccc2c(CN3CCNCC34CCCC4)cccc2c1. The number of hydrogen-bond acceptors (Lipinski definition) is 2. The maximum absolute atomic E-state index is 3.63. The van der Waals surface area contributed by atoms with Gasteiger partial charge in [0.1, 0.15) is 0 Å². The van der Waals surface area contributed by atoms with E-state index in [1.165, 1.54) is 55.1 Å². The van der Waals surface area contributed by atoms with Crippen molar-refractivity contribution in [3.8, 4) is 0 Å². The summed E-state index contributed by atoms with van der Waals surface area (Å²) >= 11 is 0. The monoisotopic (exact) mass is 280 g/mol. The Hall–Kier alpha value is -1.38. The van der Waals surface area contributed by atoms with Crippen LogP contribution in [0.4, 0.5) is 0 Å². The molecule has 1 saturated carbocycles. The molecule has 1 N–H and O–H groups in total. The third-order valence-corrected chi connectivity index (χ3v) is 5.46. The predicted molar refractivity (Wildman–Crippen MR) is 88.4 cm³/mol. The first kappa shape index (κ1) is 13.3. The Morgan fingerprint density at radius 1 is 1.00 bits per heavy atom. The molecule has 1 aliphatic carbocycles. The summed E-state index contributed by atoms with van der Waals surface area (Å²) in [6, 6.07) is 15.5. The first-order valence-corrected chi connectivity index (χ1v) is 8.30. The van der Waals surface area contributed by atoms with Gasteiger partial charge in [-0.15, -0.1) is 0 Å². The molecule has 2 aromatic carbocycles. The molecule has 1 spiro atoms. The Kier molecular flexibility index (Phi) is 3.44. The van der Waals surface area contributed by atoms with Crippen LogP contribution in [0, 0.1) is 0 Å². The molecule has 1 heterocycles. The van der Waals surface area contributed by atoms with E-state index in [0.717, 1.165) is 13.1 Å². The van der Waals surface area contributed by atoms with Crippen LogP contribution in [0.15, 0.2) is 42.5 Å². The molecule has 2 aromatic rings. The van der Waals surface area contributed by atoms with Gasteiger partial charge in [-0.25, -0.2) is 0 Å². The molecule has 1 saturated heterocycles. The van der Waals surface area contributed by atoms with Crippen molar-refractivity contribution in [1.29, 1.82) is 0 Å². The van der Waals surface area contributed by atoms with Crippen LogP contribution >= 0.6 is 0 Å². The molecule has 21 heavy (non-hydrogen) atoms. The number of piperazine rings is 1. The number of nitrogens with one attached hydrogen (secondary N) is 1. The molecule has 110 valence electrons. The van der Waals surface area contributed by atoms with Gasteiger partial charge in [0.05, 0.1) is 0 Å². The Bertz CT molecular complexity index is 623. The van der Waals surface area contributed by atoms with Crippen molar-refractivity contribution in [2.24, 2.45) is 0 Å². The van der Waals surface area contributed by atoms with Crippen LogP contribution in [0.1, 0.15) is 31.2 Å². The Morgan fingerprint density at radius 3 is 2.71 bits per heavy atom. The van der Waals surface area contributed by atoms with Crippen LogP contribution in [-0.4, -0.2) is 30.1 Å². The zero-order chi connectivity index (χ0) is 14.1. The van der Waals surface area contributed by atoms with Gasteiger partial charge in [-0.1, -0.05) is 55.3 Å². The maximum atomic E-state index is 3.63. The molecule has 0 atom stereocenters. The van der Waals surface area contributed by atoms with Crippen molar-refractivity contribution < 1.29 is 0 Å². The molecule has 0 unspecified atom stereocenters. The molecule has 2 fully saturated rings. The minimum atomic E-state index is 0.426. The van der Waals surface area contributed by atoms with E-state index >= 15 is 0 Å². The first-order chi connectivity index (χ1) is 10.4. The molecule has 4 rings (SSSR count). The normalized spacial score (nSPS) is 22.1. The minimum Gasteiger partial charge on any atom is -0.314 e. The quantitative estimate of drug-likeness (QED) is 0.905. The minimum absolute atomic E-state index is 0.426. The molecular formula is C19H24N2. The lowest BCUT2D eigenvalue weighted by atomic mass is 9.91. The number of rotatable bonds is 2. The number of hydrogen-bond donors (Lipinski definition) is 1. The molecule has 2 nitrogen and oxygen atoms in total. The summed E-state index contributed by atoms with van der Waals surface area (Å²) in [5, 5.41) is 6.42. The van der Waals surface area contributed by atoms with Gasteiger partial charge >= 0.3 is 0 Å². The average Bonchev–Trinajstić information content (AvgIpc) is 2.99. The lowest BCUT2D eigenvalue weighted by molar-refractivity contribution is 0.0576. The topological polar surface area (TPSA) is 15.3 Å². The average molecular weight is 280 g/mol. The van der Waals surface area contributed by atoms with Crippen molar-refractivity contribution >= 4 is 10.8 Å². The Labute approximate surface area is 127 Å². The van der Waals surface area contributed by atoms with Gasteiger partial charge in [-0.2, -0.15) is 0 Å². The van der Waals surface area contributed by atoms with Crippen molar-refractivity contribution in [2.75, 3.05) is 19.6 Å². The summed E-state index contributed by atoms with van der Waals surface area (Å²) in [6.07, 6.45) is 5.52. The van der Waals surface area contributed by atoms with E-state index in [4.69, 9.17) is 0 Å². The summed E-state index contributed by atoms with van der Waals surface area (Å²) in [5.74, 6) is 0. The van der Waals surface area contributed by atoms with Crippen molar-refractivity contribution in [3.63, 3.8) is 0 Å². The van der Waals surface area contributed by atoms with E-state index in [1.54, 1.807) is 0 Å². The van der Waals surface area contributed by atoms with Gasteiger partial charge in [0, 0.05) is 31.7 Å². The highest BCUT2D eigenvalue weighted by molar-refractivity contribution is 5.85. The summed E-state index contributed by atoms with van der Waals surface area (Å²) in [4.78, 5) is 2.76. The van der Waals surface area contributed by atoms with E-state index < -0.39 is 0 Å². The number of fused-ring (bicyclic) bond motifs is 1. The van der Waals surface area contributed by atoms with Crippen LogP contribution in [0.25, 0.3) is 10.8 Å². The summed E-state index contributed by atoms with van der Waals surface area (Å²) in [5.41, 5.74) is 1.91. The highest BCUT2D eigenvalue weighted by atomic mass is 15.3. The van der Waals surface area contributed by atoms with Crippen molar-refractivity contribution in [1.82, 2.24) is 10.2 Å². The van der Waals surface area contributed by atoms with Crippen LogP contribution < -0.4 is 5.32 Å². The molecule has 0 amide bonds. The van der Waals surface area contributed by atoms with E-state index in [2.05, 4.69) is 52.7 Å². The fraction of sp³-hybridized carbons (Fsp3) is 0.474. The molecule has 0 radical (unpaired) electrons. The van der Waals surface area contributed by atoms with Gasteiger partial charge in [0.15, 0.2) is 0 Å². The fourth-order valence-corrected chi connectivity index (χ4v) is 4.29. The van der Waals surface area contributed by atoms with Crippen LogP contribution in [0.5, 0.6) is 0 Å². The largest absolute Gasteiger partial charge is 0.314 e. The first-order valence-electron chi connectivity index (χ1n) is 8.30. The van der Waals surface area contributed by atoms with Crippen molar-refractivity contribution in [3.05, 3.63) is 48.0 Å². The van der Waals surface area contributed by atoms with E-state index in [9.17, 15) is 0 Å². The van der Waals surface area contributed by atoms with Crippen LogP contribution in [0.3, 0.4) is 0 Å². The van der Waals surface area contributed by atoms with E-state index in [0.29, 0.717) is 5.54 Å². The lowest BCUT2D eigenvalue weighted by Gasteiger charge is -2.45. The van der Waals surface area contributed by atoms with E-state index in [-0.39, 0.29) is 0 Å². The molecule has 2 aliphatic rings. The maximum Gasteiger partial charge on any atom is 0.0338 e. The van der Waals surface area contributed by atoms with Gasteiger partial charge < -0.3 is 5.32 Å². The van der Waals surface area contributed by atoms with Crippen LogP contribution in [-0.2, 0) is 6.54 Å². The van der Waals surface area contributed by atoms with Crippen molar-refractivity contribution in [2.45, 2.75) is 37.8 Å². The van der Waals surface area contributed by atoms with Crippen LogP contribution in [0.2, 0.25) is 0 Å². The number of nitrogens with zero attached hydrogens (tertiary/aromatic N) is 1. The standard InChI is InChI=1S/C19H24N2/c1-2-9-18-16(6-1)7-5-8-17(18)14-21-13-12-20-15-19(21)10-3-4-11-19/h1-2,5-9,20H,3-4,10-15H2. The lowest BCUT2D eigenvalue weighted by Crippen LogP contribution is -2.59. The van der Waals surface area contributed by atoms with E-state index in [1.807, 2.05) is 0 Å². The highest BCUT2D eigenvalue weighted by Gasteiger charge is 2.40. The Morgan fingerprint density at radius 2 is 1.81 bits per heavy atom. The zero-order valence-corrected chi connectivity index (χ0v) is 12.6. The highest BCUT2D eigenvalue weighted by Crippen LogP contribution is 2.37. The van der Waals surface area contributed by atoms with Gasteiger partial charge in [-0.3, -0.25) is 4.90 Å². The zero-order valence-electron chi connectivity index (χ0n) is 12.6. The molecule has 0 bridgehead atoms. The third-order valence-electron chi connectivity index (χ3n) is 5.46.